The third kappa shape index (κ3) is 2.89. The Hall–Kier alpha value is -2.44. The van der Waals surface area contributed by atoms with E-state index in [1.165, 1.54) is 0 Å². The second-order valence-electron chi connectivity index (χ2n) is 7.20. The predicted octanol–water partition coefficient (Wildman–Crippen LogP) is 3.41. The van der Waals surface area contributed by atoms with Crippen LogP contribution in [0.5, 0.6) is 0 Å². The maximum absolute atomic E-state index is 12.7. The molecular formula is C20H19ClN2O4. The molecule has 7 heteroatoms. The highest BCUT2D eigenvalue weighted by molar-refractivity contribution is 6.30. The monoisotopic (exact) mass is 386 g/mol. The summed E-state index contributed by atoms with van der Waals surface area (Å²) in [7, 11) is 0. The standard InChI is InChI=1S/C20H19ClN2O4/c1-12-2-4-13(5-3-12)16-18(23(25)26)17(14-6-8-15(21)9-7-14)22-20(16)10-11-27-19(20)24/h2-9,16-18,22H,10-11H2,1H3/t16-,17-,18-,20-/m1/s1. The summed E-state index contributed by atoms with van der Waals surface area (Å²) in [4.78, 5) is 24.6. The van der Waals surface area contributed by atoms with E-state index in [9.17, 15) is 14.9 Å². The van der Waals surface area contributed by atoms with E-state index in [0.29, 0.717) is 11.4 Å². The first-order valence-electron chi connectivity index (χ1n) is 8.83. The molecule has 2 aromatic rings. The Bertz CT molecular complexity index is 884. The van der Waals surface area contributed by atoms with Crippen molar-refractivity contribution < 1.29 is 14.5 Å². The first-order valence-corrected chi connectivity index (χ1v) is 9.20. The highest BCUT2D eigenvalue weighted by atomic mass is 35.5. The van der Waals surface area contributed by atoms with Crippen LogP contribution >= 0.6 is 11.6 Å². The Morgan fingerprint density at radius 2 is 1.78 bits per heavy atom. The van der Waals surface area contributed by atoms with Gasteiger partial charge in [-0.1, -0.05) is 53.6 Å². The zero-order valence-electron chi connectivity index (χ0n) is 14.7. The molecule has 4 atom stereocenters. The SMILES string of the molecule is Cc1ccc([C@@H]2[C@@H]([N+](=O)[O-])[C@@H](c3ccc(Cl)cc3)N[C@]23CCOC3=O)cc1. The van der Waals surface area contributed by atoms with E-state index in [1.807, 2.05) is 31.2 Å². The van der Waals surface area contributed by atoms with E-state index in [4.69, 9.17) is 16.3 Å². The van der Waals surface area contributed by atoms with Crippen LogP contribution < -0.4 is 5.32 Å². The van der Waals surface area contributed by atoms with Crippen LogP contribution in [0.3, 0.4) is 0 Å². The zero-order valence-corrected chi connectivity index (χ0v) is 15.5. The van der Waals surface area contributed by atoms with Crippen molar-refractivity contribution in [3.63, 3.8) is 0 Å². The molecule has 0 bridgehead atoms. The Morgan fingerprint density at radius 3 is 2.33 bits per heavy atom. The molecule has 2 aromatic carbocycles. The Kier molecular flexibility index (Phi) is 4.40. The maximum Gasteiger partial charge on any atom is 0.327 e. The van der Waals surface area contributed by atoms with Crippen LogP contribution in [0.4, 0.5) is 0 Å². The van der Waals surface area contributed by atoms with Crippen LogP contribution in [-0.2, 0) is 9.53 Å². The molecule has 0 amide bonds. The first kappa shape index (κ1) is 17.9. The minimum Gasteiger partial charge on any atom is -0.464 e. The summed E-state index contributed by atoms with van der Waals surface area (Å²) in [5, 5.41) is 16.0. The number of ether oxygens (including phenoxy) is 1. The molecule has 27 heavy (non-hydrogen) atoms. The van der Waals surface area contributed by atoms with Crippen LogP contribution in [0, 0.1) is 17.0 Å². The molecule has 2 aliphatic rings. The Labute approximate surface area is 161 Å². The van der Waals surface area contributed by atoms with Crippen molar-refractivity contribution in [1.29, 1.82) is 0 Å². The van der Waals surface area contributed by atoms with Gasteiger partial charge in [-0.3, -0.25) is 20.2 Å². The van der Waals surface area contributed by atoms with Gasteiger partial charge in [-0.15, -0.1) is 0 Å². The van der Waals surface area contributed by atoms with Gasteiger partial charge in [0.25, 0.3) is 0 Å². The summed E-state index contributed by atoms with van der Waals surface area (Å²) in [5.41, 5.74) is 1.46. The highest BCUT2D eigenvalue weighted by Crippen LogP contribution is 2.49. The van der Waals surface area contributed by atoms with Gasteiger partial charge in [0.1, 0.15) is 11.6 Å². The second kappa shape index (κ2) is 6.62. The van der Waals surface area contributed by atoms with Crippen molar-refractivity contribution in [2.45, 2.75) is 36.9 Å². The van der Waals surface area contributed by atoms with Gasteiger partial charge in [0.05, 0.1) is 12.5 Å². The fourth-order valence-electron chi connectivity index (χ4n) is 4.34. The van der Waals surface area contributed by atoms with Crippen molar-refractivity contribution in [2.24, 2.45) is 0 Å². The Balaban J connectivity index is 1.86. The molecule has 6 nitrogen and oxygen atoms in total. The van der Waals surface area contributed by atoms with Gasteiger partial charge >= 0.3 is 5.97 Å². The van der Waals surface area contributed by atoms with Crippen LogP contribution in [0.2, 0.25) is 5.02 Å². The average Bonchev–Trinajstić information content (AvgIpc) is 3.18. The molecule has 4 rings (SSSR count). The minimum absolute atomic E-state index is 0.256. The number of carbonyl (C=O) groups is 1. The quantitative estimate of drug-likeness (QED) is 0.496. The topological polar surface area (TPSA) is 81.5 Å². The van der Waals surface area contributed by atoms with Crippen molar-refractivity contribution in [2.75, 3.05) is 6.61 Å². The fourth-order valence-corrected chi connectivity index (χ4v) is 4.46. The van der Waals surface area contributed by atoms with Gasteiger partial charge in [-0.05, 0) is 30.2 Å². The summed E-state index contributed by atoms with van der Waals surface area (Å²) < 4.78 is 5.25. The third-order valence-corrected chi connectivity index (χ3v) is 5.88. The molecule has 1 N–H and O–H groups in total. The number of cyclic esters (lactones) is 1. The zero-order chi connectivity index (χ0) is 19.2. The number of hydrogen-bond acceptors (Lipinski definition) is 5. The van der Waals surface area contributed by atoms with Crippen LogP contribution in [0.1, 0.15) is 35.1 Å². The summed E-state index contributed by atoms with van der Waals surface area (Å²) in [6.07, 6.45) is 0.402. The lowest BCUT2D eigenvalue weighted by molar-refractivity contribution is -0.527. The van der Waals surface area contributed by atoms with Crippen LogP contribution in [0.25, 0.3) is 0 Å². The van der Waals surface area contributed by atoms with Crippen molar-refractivity contribution in [1.82, 2.24) is 5.32 Å². The van der Waals surface area contributed by atoms with Gasteiger partial charge in [0, 0.05) is 16.4 Å². The summed E-state index contributed by atoms with van der Waals surface area (Å²) in [5.74, 6) is -1.04. The molecule has 1 spiro atoms. The van der Waals surface area contributed by atoms with Gasteiger partial charge in [0.2, 0.25) is 6.04 Å². The number of nitro groups is 1. The smallest absolute Gasteiger partial charge is 0.327 e. The van der Waals surface area contributed by atoms with Gasteiger partial charge in [-0.2, -0.15) is 0 Å². The van der Waals surface area contributed by atoms with E-state index in [0.717, 1.165) is 16.7 Å². The van der Waals surface area contributed by atoms with Crippen LogP contribution in [0.15, 0.2) is 48.5 Å². The molecule has 0 aliphatic carbocycles. The number of carbonyl (C=O) groups excluding carboxylic acids is 1. The Morgan fingerprint density at radius 1 is 1.15 bits per heavy atom. The number of aryl methyl sites for hydroxylation is 1. The summed E-state index contributed by atoms with van der Waals surface area (Å²) in [6.45, 7) is 2.21. The molecule has 0 radical (unpaired) electrons. The lowest BCUT2D eigenvalue weighted by Crippen LogP contribution is -2.49. The van der Waals surface area contributed by atoms with E-state index in [1.54, 1.807) is 24.3 Å². The average molecular weight is 387 g/mol. The normalized spacial score (nSPS) is 29.9. The molecule has 0 unspecified atom stereocenters. The van der Waals surface area contributed by atoms with E-state index in [-0.39, 0.29) is 11.5 Å². The van der Waals surface area contributed by atoms with Crippen LogP contribution in [-0.4, -0.2) is 29.1 Å². The molecule has 2 aliphatic heterocycles. The largest absolute Gasteiger partial charge is 0.464 e. The van der Waals surface area contributed by atoms with Gasteiger partial charge in [0.15, 0.2) is 0 Å². The number of rotatable bonds is 3. The first-order chi connectivity index (χ1) is 12.9. The van der Waals surface area contributed by atoms with Gasteiger partial charge < -0.3 is 4.74 Å². The fraction of sp³-hybridized carbons (Fsp3) is 0.350. The number of hydrogen-bond donors (Lipinski definition) is 1. The molecule has 0 aromatic heterocycles. The highest BCUT2D eigenvalue weighted by Gasteiger charge is 2.66. The number of nitrogens with zero attached hydrogens (tertiary/aromatic N) is 1. The van der Waals surface area contributed by atoms with Crippen molar-refractivity contribution in [3.8, 4) is 0 Å². The summed E-state index contributed by atoms with van der Waals surface area (Å²) >= 11 is 5.97. The minimum atomic E-state index is -1.10. The van der Waals surface area contributed by atoms with Crippen molar-refractivity contribution in [3.05, 3.63) is 80.4 Å². The lowest BCUT2D eigenvalue weighted by atomic mass is 9.76. The molecule has 0 saturated carbocycles. The second-order valence-corrected chi connectivity index (χ2v) is 7.63. The van der Waals surface area contributed by atoms with Gasteiger partial charge in [-0.25, -0.2) is 0 Å². The number of halogens is 1. The van der Waals surface area contributed by atoms with E-state index in [2.05, 4.69) is 5.32 Å². The van der Waals surface area contributed by atoms with Crippen molar-refractivity contribution >= 4 is 17.6 Å². The summed E-state index contributed by atoms with van der Waals surface area (Å²) in [6, 6.07) is 12.9. The maximum atomic E-state index is 12.7. The molecule has 2 heterocycles. The molecule has 2 fully saturated rings. The predicted molar refractivity (Wildman–Crippen MR) is 100 cm³/mol. The van der Waals surface area contributed by atoms with E-state index < -0.39 is 29.5 Å². The lowest BCUT2D eigenvalue weighted by Gasteiger charge is -2.27. The van der Waals surface area contributed by atoms with E-state index >= 15 is 0 Å². The third-order valence-electron chi connectivity index (χ3n) is 5.63. The molecule has 140 valence electrons. The molecular weight excluding hydrogens is 368 g/mol. The number of nitrogens with one attached hydrogen (secondary N) is 1. The number of esters is 1. The number of benzene rings is 2. The molecule has 2 saturated heterocycles.